The van der Waals surface area contributed by atoms with E-state index in [0.717, 1.165) is 12.0 Å². The summed E-state index contributed by atoms with van der Waals surface area (Å²) in [6.45, 7) is 2.91. The third-order valence-electron chi connectivity index (χ3n) is 2.89. The lowest BCUT2D eigenvalue weighted by Crippen LogP contribution is -2.24. The van der Waals surface area contributed by atoms with Crippen molar-refractivity contribution in [3.63, 3.8) is 0 Å². The highest BCUT2D eigenvalue weighted by Crippen LogP contribution is 2.29. The second-order valence-electron chi connectivity index (χ2n) is 4.16. The Kier molecular flexibility index (Phi) is 3.98. The van der Waals surface area contributed by atoms with E-state index in [1.807, 2.05) is 12.3 Å². The number of hydrogen-bond acceptors (Lipinski definition) is 5. The van der Waals surface area contributed by atoms with Gasteiger partial charge in [0.2, 0.25) is 5.91 Å². The molecule has 98 valence electrons. The van der Waals surface area contributed by atoms with Crippen LogP contribution < -0.4 is 5.32 Å². The van der Waals surface area contributed by atoms with Crippen LogP contribution in [0.25, 0.3) is 0 Å². The van der Waals surface area contributed by atoms with E-state index in [1.165, 1.54) is 18.4 Å². The normalized spacial score (nSPS) is 18.7. The summed E-state index contributed by atoms with van der Waals surface area (Å²) in [4.78, 5) is 24.0. The molecule has 1 saturated heterocycles. The molecule has 1 atom stereocenters. The zero-order chi connectivity index (χ0) is 13.1. The Bertz CT molecular complexity index is 463. The number of carbonyl (C=O) groups excluding carboxylic acids is 2. The van der Waals surface area contributed by atoms with Crippen molar-refractivity contribution in [2.75, 3.05) is 25.6 Å². The van der Waals surface area contributed by atoms with Gasteiger partial charge in [0.1, 0.15) is 4.88 Å². The van der Waals surface area contributed by atoms with Crippen LogP contribution in [0.1, 0.15) is 21.7 Å². The average molecular weight is 269 g/mol. The third-order valence-corrected chi connectivity index (χ3v) is 3.97. The maximum absolute atomic E-state index is 12.0. The molecule has 6 heteroatoms. The van der Waals surface area contributed by atoms with Crippen LogP contribution in [0.5, 0.6) is 0 Å². The molecule has 2 heterocycles. The molecule has 1 fully saturated rings. The van der Waals surface area contributed by atoms with Crippen LogP contribution in [-0.4, -0.2) is 32.2 Å². The van der Waals surface area contributed by atoms with Crippen LogP contribution in [0.4, 0.5) is 5.69 Å². The summed E-state index contributed by atoms with van der Waals surface area (Å²) in [5, 5.41) is 4.63. The van der Waals surface area contributed by atoms with Crippen LogP contribution in [0.15, 0.2) is 5.38 Å². The van der Waals surface area contributed by atoms with Gasteiger partial charge < -0.3 is 14.8 Å². The highest BCUT2D eigenvalue weighted by atomic mass is 32.1. The molecule has 1 aliphatic heterocycles. The maximum Gasteiger partial charge on any atom is 0.350 e. The molecule has 5 nitrogen and oxygen atoms in total. The van der Waals surface area contributed by atoms with Gasteiger partial charge in [-0.2, -0.15) is 0 Å². The number of hydrogen-bond donors (Lipinski definition) is 1. The van der Waals surface area contributed by atoms with Crippen molar-refractivity contribution in [2.24, 2.45) is 5.92 Å². The molecule has 18 heavy (non-hydrogen) atoms. The molecule has 1 N–H and O–H groups in total. The van der Waals surface area contributed by atoms with Crippen molar-refractivity contribution < 1.29 is 19.1 Å². The van der Waals surface area contributed by atoms with Crippen molar-refractivity contribution in [3.05, 3.63) is 15.8 Å². The smallest absolute Gasteiger partial charge is 0.350 e. The molecule has 2 rings (SSSR count). The topological polar surface area (TPSA) is 64.6 Å². The van der Waals surface area contributed by atoms with Crippen LogP contribution in [0.3, 0.4) is 0 Å². The first-order chi connectivity index (χ1) is 8.63. The predicted octanol–water partition coefficient (Wildman–Crippen LogP) is 1.82. The molecule has 1 aliphatic rings. The summed E-state index contributed by atoms with van der Waals surface area (Å²) >= 11 is 1.27. The third kappa shape index (κ3) is 2.54. The number of rotatable bonds is 3. The number of anilines is 1. The summed E-state index contributed by atoms with van der Waals surface area (Å²) in [5.41, 5.74) is 1.43. The summed E-state index contributed by atoms with van der Waals surface area (Å²) in [6.07, 6.45) is 0.725. The monoisotopic (exact) mass is 269 g/mol. The van der Waals surface area contributed by atoms with Gasteiger partial charge in [0.05, 0.1) is 25.3 Å². The zero-order valence-corrected chi connectivity index (χ0v) is 11.1. The van der Waals surface area contributed by atoms with Gasteiger partial charge in [0.15, 0.2) is 0 Å². The summed E-state index contributed by atoms with van der Waals surface area (Å²) in [5.74, 6) is -0.653. The highest BCUT2D eigenvalue weighted by Gasteiger charge is 2.26. The number of methoxy groups -OCH3 is 1. The molecular formula is C12H15NO4S. The lowest BCUT2D eigenvalue weighted by Gasteiger charge is -2.10. The molecule has 1 amide bonds. The van der Waals surface area contributed by atoms with E-state index in [4.69, 9.17) is 9.47 Å². The van der Waals surface area contributed by atoms with E-state index < -0.39 is 5.97 Å². The standard InChI is InChI=1S/C12H15NO4S/c1-7-6-18-10(12(15)16-2)9(7)13-11(14)8-3-4-17-5-8/h6,8H,3-5H2,1-2H3,(H,13,14). The van der Waals surface area contributed by atoms with Crippen molar-refractivity contribution in [1.82, 2.24) is 0 Å². The predicted molar refractivity (Wildman–Crippen MR) is 68.0 cm³/mol. The lowest BCUT2D eigenvalue weighted by atomic mass is 10.1. The molecule has 0 saturated carbocycles. The summed E-state index contributed by atoms with van der Waals surface area (Å²) in [6, 6.07) is 0. The van der Waals surface area contributed by atoms with Gasteiger partial charge in [-0.15, -0.1) is 11.3 Å². The Morgan fingerprint density at radius 2 is 2.33 bits per heavy atom. The largest absolute Gasteiger partial charge is 0.465 e. The Balaban J connectivity index is 2.15. The minimum atomic E-state index is -0.425. The number of nitrogens with one attached hydrogen (secondary N) is 1. The van der Waals surface area contributed by atoms with Gasteiger partial charge in [0.25, 0.3) is 0 Å². The Hall–Kier alpha value is -1.40. The van der Waals surface area contributed by atoms with E-state index in [2.05, 4.69) is 5.32 Å². The van der Waals surface area contributed by atoms with Gasteiger partial charge in [-0.05, 0) is 24.3 Å². The van der Waals surface area contributed by atoms with E-state index in [9.17, 15) is 9.59 Å². The number of esters is 1. The fraction of sp³-hybridized carbons (Fsp3) is 0.500. The van der Waals surface area contributed by atoms with E-state index in [1.54, 1.807) is 0 Å². The first-order valence-electron chi connectivity index (χ1n) is 5.68. The molecule has 0 bridgehead atoms. The number of carbonyl (C=O) groups is 2. The molecule has 0 aliphatic carbocycles. The Morgan fingerprint density at radius 1 is 1.56 bits per heavy atom. The minimum Gasteiger partial charge on any atom is -0.465 e. The van der Waals surface area contributed by atoms with Crippen LogP contribution in [0.2, 0.25) is 0 Å². The number of thiophene rings is 1. The average Bonchev–Trinajstić information content (AvgIpc) is 2.99. The van der Waals surface area contributed by atoms with Crippen molar-refractivity contribution >= 4 is 28.9 Å². The Morgan fingerprint density at radius 3 is 2.94 bits per heavy atom. The van der Waals surface area contributed by atoms with Gasteiger partial charge in [-0.25, -0.2) is 4.79 Å². The molecule has 0 aromatic carbocycles. The summed E-state index contributed by atoms with van der Waals surface area (Å²) < 4.78 is 9.87. The molecule has 1 unspecified atom stereocenters. The fourth-order valence-electron chi connectivity index (χ4n) is 1.81. The molecule has 0 spiro atoms. The van der Waals surface area contributed by atoms with Gasteiger partial charge in [-0.3, -0.25) is 4.79 Å². The van der Waals surface area contributed by atoms with Crippen molar-refractivity contribution in [3.8, 4) is 0 Å². The number of aryl methyl sites for hydroxylation is 1. The Labute approximate surface area is 109 Å². The number of ether oxygens (including phenoxy) is 2. The van der Waals surface area contributed by atoms with Gasteiger partial charge in [-0.1, -0.05) is 0 Å². The second kappa shape index (κ2) is 5.49. The van der Waals surface area contributed by atoms with E-state index >= 15 is 0 Å². The first-order valence-corrected chi connectivity index (χ1v) is 6.56. The number of amides is 1. The highest BCUT2D eigenvalue weighted by molar-refractivity contribution is 7.12. The zero-order valence-electron chi connectivity index (χ0n) is 10.3. The first kappa shape index (κ1) is 13.0. The van der Waals surface area contributed by atoms with Crippen LogP contribution >= 0.6 is 11.3 Å². The van der Waals surface area contributed by atoms with E-state index in [-0.39, 0.29) is 11.8 Å². The molecule has 1 aromatic heterocycles. The minimum absolute atomic E-state index is 0.0980. The second-order valence-corrected chi connectivity index (χ2v) is 5.04. The van der Waals surface area contributed by atoms with E-state index in [0.29, 0.717) is 23.8 Å². The fourth-order valence-corrected chi connectivity index (χ4v) is 2.73. The van der Waals surface area contributed by atoms with Gasteiger partial charge in [0, 0.05) is 6.61 Å². The van der Waals surface area contributed by atoms with Crippen molar-refractivity contribution in [1.29, 1.82) is 0 Å². The lowest BCUT2D eigenvalue weighted by molar-refractivity contribution is -0.119. The quantitative estimate of drug-likeness (QED) is 0.850. The van der Waals surface area contributed by atoms with Gasteiger partial charge >= 0.3 is 5.97 Å². The molecule has 1 aromatic rings. The maximum atomic E-state index is 12.0. The van der Waals surface area contributed by atoms with Crippen LogP contribution in [-0.2, 0) is 14.3 Å². The molecule has 0 radical (unpaired) electrons. The molecular weight excluding hydrogens is 254 g/mol. The van der Waals surface area contributed by atoms with Crippen LogP contribution in [0, 0.1) is 12.8 Å². The summed E-state index contributed by atoms with van der Waals surface area (Å²) in [7, 11) is 1.33. The van der Waals surface area contributed by atoms with Crippen molar-refractivity contribution in [2.45, 2.75) is 13.3 Å². The SMILES string of the molecule is COC(=O)c1scc(C)c1NC(=O)C1CCOC1.